The minimum atomic E-state index is -0.128. The number of methoxy groups -OCH3 is 1. The highest BCUT2D eigenvalue weighted by atomic mass is 16.5. The van der Waals surface area contributed by atoms with E-state index in [4.69, 9.17) is 25.5 Å². The molecule has 21 heavy (non-hydrogen) atoms. The molecule has 0 aliphatic carbocycles. The second-order valence-corrected chi connectivity index (χ2v) is 4.93. The number of aliphatic hydroxyl groups is 1. The molecule has 1 aliphatic rings. The third kappa shape index (κ3) is 3.84. The van der Waals surface area contributed by atoms with E-state index in [9.17, 15) is 0 Å². The molecule has 1 aliphatic heterocycles. The van der Waals surface area contributed by atoms with E-state index in [-0.39, 0.29) is 18.5 Å². The second-order valence-electron chi connectivity index (χ2n) is 4.93. The number of rotatable bonds is 5. The fourth-order valence-electron chi connectivity index (χ4n) is 2.39. The van der Waals surface area contributed by atoms with Gasteiger partial charge in [0.05, 0.1) is 32.0 Å². The van der Waals surface area contributed by atoms with Crippen molar-refractivity contribution in [2.24, 2.45) is 10.9 Å². The number of hydrogen-bond donors (Lipinski definition) is 3. The van der Waals surface area contributed by atoms with Gasteiger partial charge in [-0.25, -0.2) is 0 Å². The van der Waals surface area contributed by atoms with Crippen LogP contribution in [-0.4, -0.2) is 60.6 Å². The first kappa shape index (κ1) is 15.6. The Balaban J connectivity index is 2.10. The summed E-state index contributed by atoms with van der Waals surface area (Å²) in [5, 5.41) is 20.9. The molecule has 0 saturated carbocycles. The first-order valence-corrected chi connectivity index (χ1v) is 6.77. The fraction of sp³-hybridized carbons (Fsp3) is 0.500. The Labute approximate surface area is 123 Å². The molecule has 1 saturated heterocycles. The molecule has 4 N–H and O–H groups in total. The van der Waals surface area contributed by atoms with E-state index in [1.807, 2.05) is 12.1 Å². The van der Waals surface area contributed by atoms with Crippen LogP contribution in [0.2, 0.25) is 0 Å². The number of benzene rings is 1. The van der Waals surface area contributed by atoms with Crippen LogP contribution in [0.3, 0.4) is 0 Å². The van der Waals surface area contributed by atoms with Crippen LogP contribution in [0.25, 0.3) is 0 Å². The van der Waals surface area contributed by atoms with E-state index >= 15 is 0 Å². The Morgan fingerprint density at radius 3 is 3.05 bits per heavy atom. The fourth-order valence-corrected chi connectivity index (χ4v) is 2.39. The molecule has 1 heterocycles. The van der Waals surface area contributed by atoms with Gasteiger partial charge in [-0.15, -0.1) is 0 Å². The van der Waals surface area contributed by atoms with E-state index in [1.165, 1.54) is 0 Å². The van der Waals surface area contributed by atoms with Crippen molar-refractivity contribution < 1.29 is 19.8 Å². The lowest BCUT2D eigenvalue weighted by Crippen LogP contribution is -2.43. The molecule has 2 rings (SSSR count). The van der Waals surface area contributed by atoms with Crippen LogP contribution in [0.1, 0.15) is 11.1 Å². The number of nitrogens with zero attached hydrogens (tertiary/aromatic N) is 2. The molecular weight excluding hydrogens is 274 g/mol. The van der Waals surface area contributed by atoms with Gasteiger partial charge in [0.25, 0.3) is 0 Å². The summed E-state index contributed by atoms with van der Waals surface area (Å²) in [6.07, 6.45) is -0.128. The molecule has 0 spiro atoms. The van der Waals surface area contributed by atoms with Crippen molar-refractivity contribution in [2.75, 3.05) is 33.4 Å². The summed E-state index contributed by atoms with van der Waals surface area (Å²) in [7, 11) is 1.55. The van der Waals surface area contributed by atoms with E-state index in [0.29, 0.717) is 24.5 Å². The lowest BCUT2D eigenvalue weighted by Gasteiger charge is -2.32. The number of ether oxygens (including phenoxy) is 2. The van der Waals surface area contributed by atoms with E-state index in [0.717, 1.165) is 18.7 Å². The Hall–Kier alpha value is -1.83. The van der Waals surface area contributed by atoms with Crippen molar-refractivity contribution in [3.63, 3.8) is 0 Å². The first-order valence-electron chi connectivity index (χ1n) is 6.77. The molecule has 116 valence electrons. The lowest BCUT2D eigenvalue weighted by molar-refractivity contribution is -0.0551. The molecule has 1 atom stereocenters. The van der Waals surface area contributed by atoms with Crippen molar-refractivity contribution in [3.05, 3.63) is 29.3 Å². The molecule has 0 aromatic heterocycles. The van der Waals surface area contributed by atoms with Gasteiger partial charge in [0.1, 0.15) is 5.75 Å². The van der Waals surface area contributed by atoms with Gasteiger partial charge in [-0.3, -0.25) is 4.90 Å². The summed E-state index contributed by atoms with van der Waals surface area (Å²) < 4.78 is 10.7. The van der Waals surface area contributed by atoms with E-state index < -0.39 is 0 Å². The van der Waals surface area contributed by atoms with Crippen LogP contribution < -0.4 is 10.5 Å². The minimum absolute atomic E-state index is 0.0186. The predicted molar refractivity (Wildman–Crippen MR) is 77.6 cm³/mol. The summed E-state index contributed by atoms with van der Waals surface area (Å²) in [6.45, 7) is 2.89. The molecule has 0 radical (unpaired) electrons. The van der Waals surface area contributed by atoms with E-state index in [1.54, 1.807) is 13.2 Å². The van der Waals surface area contributed by atoms with Crippen LogP contribution in [0.5, 0.6) is 5.75 Å². The van der Waals surface area contributed by atoms with Crippen molar-refractivity contribution in [3.8, 4) is 5.75 Å². The maximum atomic E-state index is 9.16. The average molecular weight is 295 g/mol. The third-order valence-corrected chi connectivity index (χ3v) is 3.48. The van der Waals surface area contributed by atoms with Gasteiger partial charge >= 0.3 is 0 Å². The molecule has 1 aromatic rings. The highest BCUT2D eigenvalue weighted by Crippen LogP contribution is 2.21. The summed E-state index contributed by atoms with van der Waals surface area (Å²) in [5.74, 6) is 0.583. The van der Waals surface area contributed by atoms with Gasteiger partial charge in [0.2, 0.25) is 0 Å². The monoisotopic (exact) mass is 295 g/mol. The number of amidine groups is 1. The smallest absolute Gasteiger partial charge is 0.173 e. The zero-order chi connectivity index (χ0) is 15.2. The van der Waals surface area contributed by atoms with E-state index in [2.05, 4.69) is 10.1 Å². The topological polar surface area (TPSA) is 101 Å². The van der Waals surface area contributed by atoms with Crippen molar-refractivity contribution in [1.82, 2.24) is 4.90 Å². The Kier molecular flexibility index (Phi) is 5.38. The largest absolute Gasteiger partial charge is 0.496 e. The normalized spacial score (nSPS) is 20.5. The summed E-state index contributed by atoms with van der Waals surface area (Å²) in [4.78, 5) is 2.21. The zero-order valence-electron chi connectivity index (χ0n) is 12.0. The van der Waals surface area contributed by atoms with Gasteiger partial charge in [-0.1, -0.05) is 11.2 Å². The first-order chi connectivity index (χ1) is 10.2. The molecule has 0 amide bonds. The van der Waals surface area contributed by atoms with Crippen molar-refractivity contribution in [2.45, 2.75) is 12.6 Å². The van der Waals surface area contributed by atoms with Crippen LogP contribution >= 0.6 is 0 Å². The molecule has 7 nitrogen and oxygen atoms in total. The number of aliphatic hydroxyl groups excluding tert-OH is 1. The van der Waals surface area contributed by atoms with Gasteiger partial charge in [0.15, 0.2) is 5.84 Å². The molecule has 1 unspecified atom stereocenters. The third-order valence-electron chi connectivity index (χ3n) is 3.48. The van der Waals surface area contributed by atoms with Crippen LogP contribution in [0.15, 0.2) is 23.4 Å². The number of nitrogens with two attached hydrogens (primary N) is 1. The molecule has 0 bridgehead atoms. The quantitative estimate of drug-likeness (QED) is 0.305. The van der Waals surface area contributed by atoms with Crippen LogP contribution in [0, 0.1) is 0 Å². The lowest BCUT2D eigenvalue weighted by atomic mass is 10.1. The summed E-state index contributed by atoms with van der Waals surface area (Å²) in [6, 6.07) is 5.56. The maximum absolute atomic E-state index is 9.16. The molecule has 1 fully saturated rings. The van der Waals surface area contributed by atoms with Gasteiger partial charge in [-0.2, -0.15) is 0 Å². The zero-order valence-corrected chi connectivity index (χ0v) is 12.0. The van der Waals surface area contributed by atoms with Gasteiger partial charge < -0.3 is 25.5 Å². The summed E-state index contributed by atoms with van der Waals surface area (Å²) >= 11 is 0. The van der Waals surface area contributed by atoms with Crippen molar-refractivity contribution >= 4 is 5.84 Å². The second kappa shape index (κ2) is 7.26. The van der Waals surface area contributed by atoms with Crippen LogP contribution in [-0.2, 0) is 11.3 Å². The average Bonchev–Trinajstić information content (AvgIpc) is 2.54. The van der Waals surface area contributed by atoms with Gasteiger partial charge in [0, 0.05) is 19.6 Å². The maximum Gasteiger partial charge on any atom is 0.173 e. The SMILES string of the molecule is COc1cc(CN2CCOC(CO)C2)ccc1/C(N)=N/O. The Morgan fingerprint density at radius 2 is 2.38 bits per heavy atom. The number of oxime groups is 1. The summed E-state index contributed by atoms with van der Waals surface area (Å²) in [5.41, 5.74) is 7.22. The highest BCUT2D eigenvalue weighted by molar-refractivity contribution is 5.99. The molecule has 1 aromatic carbocycles. The van der Waals surface area contributed by atoms with Crippen molar-refractivity contribution in [1.29, 1.82) is 0 Å². The standard InChI is InChI=1S/C14H21N3O4/c1-20-13-6-10(2-3-12(13)14(15)16-19)7-17-4-5-21-11(8-17)9-18/h2-3,6,11,18-19H,4-5,7-9H2,1H3,(H2,15,16). The highest BCUT2D eigenvalue weighted by Gasteiger charge is 2.20. The number of morpholine rings is 1. The minimum Gasteiger partial charge on any atom is -0.496 e. The Bertz CT molecular complexity index is 507. The molecule has 7 heteroatoms. The Morgan fingerprint density at radius 1 is 1.57 bits per heavy atom. The number of hydrogen-bond acceptors (Lipinski definition) is 6. The predicted octanol–water partition coefficient (Wildman–Crippen LogP) is -0.0172. The molecular formula is C14H21N3O4. The van der Waals surface area contributed by atoms with Gasteiger partial charge in [-0.05, 0) is 17.7 Å². The van der Waals surface area contributed by atoms with Crippen LogP contribution in [0.4, 0.5) is 0 Å².